The molecule has 2 aromatic rings. The summed E-state index contributed by atoms with van der Waals surface area (Å²) in [5, 5.41) is 15.9. The van der Waals surface area contributed by atoms with Gasteiger partial charge in [0.2, 0.25) is 15.9 Å². The molecule has 0 saturated carbocycles. The van der Waals surface area contributed by atoms with Gasteiger partial charge in [0.1, 0.15) is 6.04 Å². The van der Waals surface area contributed by atoms with Crippen LogP contribution in [0.3, 0.4) is 0 Å². The number of hydrogen-bond donors (Lipinski definition) is 3. The molecule has 0 aliphatic rings. The Balaban J connectivity index is 1.95. The number of non-ortho nitro benzene ring substituents is 1. The van der Waals surface area contributed by atoms with E-state index in [2.05, 4.69) is 15.4 Å². The smallest absolute Gasteiger partial charge is 0.270 e. The maximum absolute atomic E-state index is 12.6. The number of nitrogens with zero attached hydrogens (tertiary/aromatic N) is 1. The number of nitro groups is 1. The van der Waals surface area contributed by atoms with Crippen molar-refractivity contribution < 1.29 is 22.9 Å². The average molecular weight is 497 g/mol. The number of carbonyl (C=O) groups is 2. The highest BCUT2D eigenvalue weighted by atomic mass is 35.5. The standard InChI is InChI=1S/C21H25ClN4O6S/c1-13(2)19(25-20(27)17-9-6-15(26(29)30)12-18(17)22)21(28)23-10-11-24-33(31,32)16-7-4-14(3)5-8-16/h4-9,12-13,19,24H,10-11H2,1-3H3,(H,23,28)(H,25,27). The summed E-state index contributed by atoms with van der Waals surface area (Å²) in [6, 6.07) is 8.83. The van der Waals surface area contributed by atoms with Crippen LogP contribution >= 0.6 is 11.6 Å². The van der Waals surface area contributed by atoms with Gasteiger partial charge in [0.05, 0.1) is 20.4 Å². The zero-order chi connectivity index (χ0) is 24.8. The fraction of sp³-hybridized carbons (Fsp3) is 0.333. The molecule has 0 aliphatic carbocycles. The lowest BCUT2D eigenvalue weighted by molar-refractivity contribution is -0.384. The molecular weight excluding hydrogens is 472 g/mol. The van der Waals surface area contributed by atoms with Crippen LogP contribution in [0.1, 0.15) is 29.8 Å². The minimum atomic E-state index is -3.71. The van der Waals surface area contributed by atoms with Crippen LogP contribution in [-0.4, -0.2) is 44.3 Å². The van der Waals surface area contributed by atoms with Crippen molar-refractivity contribution in [3.05, 3.63) is 68.7 Å². The molecule has 2 aromatic carbocycles. The third-order valence-electron chi connectivity index (χ3n) is 4.69. The summed E-state index contributed by atoms with van der Waals surface area (Å²) in [4.78, 5) is 35.5. The zero-order valence-corrected chi connectivity index (χ0v) is 19.9. The van der Waals surface area contributed by atoms with Crippen LogP contribution in [0.2, 0.25) is 5.02 Å². The van der Waals surface area contributed by atoms with Gasteiger partial charge >= 0.3 is 0 Å². The van der Waals surface area contributed by atoms with Gasteiger partial charge in [-0.25, -0.2) is 13.1 Å². The highest BCUT2D eigenvalue weighted by Crippen LogP contribution is 2.22. The molecule has 0 radical (unpaired) electrons. The maximum atomic E-state index is 12.6. The molecule has 2 rings (SSSR count). The molecule has 33 heavy (non-hydrogen) atoms. The lowest BCUT2D eigenvalue weighted by Crippen LogP contribution is -2.50. The molecule has 1 unspecified atom stereocenters. The van der Waals surface area contributed by atoms with E-state index in [9.17, 15) is 28.1 Å². The number of halogens is 1. The van der Waals surface area contributed by atoms with Gasteiger partial charge in [-0.05, 0) is 31.0 Å². The summed E-state index contributed by atoms with van der Waals surface area (Å²) >= 11 is 5.98. The molecule has 0 heterocycles. The second kappa shape index (κ2) is 11.2. The van der Waals surface area contributed by atoms with Crippen molar-refractivity contribution in [1.82, 2.24) is 15.4 Å². The fourth-order valence-electron chi connectivity index (χ4n) is 2.84. The normalized spacial score (nSPS) is 12.3. The largest absolute Gasteiger partial charge is 0.353 e. The summed E-state index contributed by atoms with van der Waals surface area (Å²) < 4.78 is 27.0. The number of rotatable bonds is 10. The Labute approximate surface area is 196 Å². The first-order valence-electron chi connectivity index (χ1n) is 10.0. The van der Waals surface area contributed by atoms with Crippen LogP contribution in [0.25, 0.3) is 0 Å². The SMILES string of the molecule is Cc1ccc(S(=O)(=O)NCCNC(=O)C(NC(=O)c2ccc([N+](=O)[O-])cc2Cl)C(C)C)cc1. The first kappa shape index (κ1) is 26.2. The van der Waals surface area contributed by atoms with Crippen LogP contribution in [0.5, 0.6) is 0 Å². The Kier molecular flexibility index (Phi) is 8.91. The Bertz CT molecular complexity index is 1140. The minimum Gasteiger partial charge on any atom is -0.353 e. The Hall–Kier alpha value is -3.02. The van der Waals surface area contributed by atoms with Crippen molar-refractivity contribution in [1.29, 1.82) is 0 Å². The molecule has 0 fully saturated rings. The van der Waals surface area contributed by atoms with Crippen LogP contribution in [0.4, 0.5) is 5.69 Å². The first-order valence-corrected chi connectivity index (χ1v) is 11.9. The highest BCUT2D eigenvalue weighted by molar-refractivity contribution is 7.89. The van der Waals surface area contributed by atoms with Gasteiger partial charge in [0.25, 0.3) is 11.6 Å². The topological polar surface area (TPSA) is 148 Å². The average Bonchev–Trinajstić information content (AvgIpc) is 2.74. The van der Waals surface area contributed by atoms with Crippen molar-refractivity contribution in [2.45, 2.75) is 31.7 Å². The van der Waals surface area contributed by atoms with Crippen LogP contribution < -0.4 is 15.4 Å². The molecular formula is C21H25ClN4O6S. The van der Waals surface area contributed by atoms with E-state index in [4.69, 9.17) is 11.6 Å². The van der Waals surface area contributed by atoms with E-state index in [0.29, 0.717) is 0 Å². The third kappa shape index (κ3) is 7.24. The number of aryl methyl sites for hydroxylation is 1. The van der Waals surface area contributed by atoms with Gasteiger partial charge in [-0.1, -0.05) is 43.1 Å². The molecule has 3 N–H and O–H groups in total. The Morgan fingerprint density at radius 3 is 2.27 bits per heavy atom. The lowest BCUT2D eigenvalue weighted by atomic mass is 10.0. The van der Waals surface area contributed by atoms with E-state index in [-0.39, 0.29) is 40.2 Å². The third-order valence-corrected chi connectivity index (χ3v) is 6.48. The van der Waals surface area contributed by atoms with Gasteiger partial charge in [-0.15, -0.1) is 0 Å². The zero-order valence-electron chi connectivity index (χ0n) is 18.3. The van der Waals surface area contributed by atoms with Crippen molar-refractivity contribution in [3.8, 4) is 0 Å². The number of nitro benzene ring substituents is 1. The molecule has 178 valence electrons. The summed E-state index contributed by atoms with van der Waals surface area (Å²) in [6.07, 6.45) is 0. The number of sulfonamides is 1. The van der Waals surface area contributed by atoms with E-state index < -0.39 is 32.8 Å². The summed E-state index contributed by atoms with van der Waals surface area (Å²) in [7, 11) is -3.71. The monoisotopic (exact) mass is 496 g/mol. The van der Waals surface area contributed by atoms with Crippen molar-refractivity contribution >= 4 is 39.1 Å². The number of nitrogens with one attached hydrogen (secondary N) is 3. The maximum Gasteiger partial charge on any atom is 0.270 e. The summed E-state index contributed by atoms with van der Waals surface area (Å²) in [5.74, 6) is -1.47. The molecule has 0 aliphatic heterocycles. The van der Waals surface area contributed by atoms with Crippen molar-refractivity contribution in [2.75, 3.05) is 13.1 Å². The van der Waals surface area contributed by atoms with E-state index >= 15 is 0 Å². The molecule has 0 spiro atoms. The molecule has 1 atom stereocenters. The molecule has 0 aromatic heterocycles. The van der Waals surface area contributed by atoms with Gasteiger partial charge in [-0.3, -0.25) is 19.7 Å². The highest BCUT2D eigenvalue weighted by Gasteiger charge is 2.26. The minimum absolute atomic E-state index is 0.00129. The predicted octanol–water partition coefficient (Wildman–Crippen LogP) is 2.41. The van der Waals surface area contributed by atoms with E-state index in [1.807, 2.05) is 6.92 Å². The van der Waals surface area contributed by atoms with Crippen LogP contribution in [0, 0.1) is 23.0 Å². The molecule has 10 nitrogen and oxygen atoms in total. The lowest BCUT2D eigenvalue weighted by Gasteiger charge is -2.22. The number of benzene rings is 2. The molecule has 2 amide bonds. The number of carbonyl (C=O) groups excluding carboxylic acids is 2. The predicted molar refractivity (Wildman–Crippen MR) is 124 cm³/mol. The summed E-state index contributed by atoms with van der Waals surface area (Å²) in [5.41, 5.74) is 0.660. The van der Waals surface area contributed by atoms with E-state index in [1.165, 1.54) is 18.2 Å². The van der Waals surface area contributed by atoms with Gasteiger partial charge in [-0.2, -0.15) is 0 Å². The fourth-order valence-corrected chi connectivity index (χ4v) is 4.13. The Morgan fingerprint density at radius 2 is 1.73 bits per heavy atom. The van der Waals surface area contributed by atoms with E-state index in [1.54, 1.807) is 26.0 Å². The molecule has 12 heteroatoms. The van der Waals surface area contributed by atoms with Gasteiger partial charge in [0, 0.05) is 25.2 Å². The van der Waals surface area contributed by atoms with Crippen molar-refractivity contribution in [3.63, 3.8) is 0 Å². The molecule has 0 saturated heterocycles. The second-order valence-electron chi connectivity index (χ2n) is 7.62. The van der Waals surface area contributed by atoms with Crippen LogP contribution in [-0.2, 0) is 14.8 Å². The molecule has 0 bridgehead atoms. The number of hydrogen-bond acceptors (Lipinski definition) is 6. The van der Waals surface area contributed by atoms with Gasteiger partial charge < -0.3 is 10.6 Å². The van der Waals surface area contributed by atoms with Crippen LogP contribution in [0.15, 0.2) is 47.4 Å². The Morgan fingerprint density at radius 1 is 1.09 bits per heavy atom. The first-order chi connectivity index (χ1) is 15.4. The second-order valence-corrected chi connectivity index (χ2v) is 9.79. The number of amides is 2. The van der Waals surface area contributed by atoms with Gasteiger partial charge in [0.15, 0.2) is 0 Å². The van der Waals surface area contributed by atoms with Crippen molar-refractivity contribution in [2.24, 2.45) is 5.92 Å². The quantitative estimate of drug-likeness (QED) is 0.261. The van der Waals surface area contributed by atoms with E-state index in [0.717, 1.165) is 17.7 Å². The summed E-state index contributed by atoms with van der Waals surface area (Å²) in [6.45, 7) is 5.25.